The number of unbranched alkanes of at least 4 members (excludes halogenated alkanes) is 26. The summed E-state index contributed by atoms with van der Waals surface area (Å²) < 4.78 is 36.6. The van der Waals surface area contributed by atoms with E-state index in [0.717, 1.165) is 57.8 Å². The van der Waals surface area contributed by atoms with Crippen molar-refractivity contribution in [2.75, 3.05) is 19.8 Å². The van der Waals surface area contributed by atoms with Gasteiger partial charge in [-0.25, -0.2) is 4.57 Å². The van der Waals surface area contributed by atoms with Gasteiger partial charge in [0.2, 0.25) is 5.91 Å². The third kappa shape index (κ3) is 35.7. The maximum atomic E-state index is 13.5. The van der Waals surface area contributed by atoms with E-state index in [2.05, 4.69) is 32.7 Å². The molecule has 0 aromatic carbocycles. The van der Waals surface area contributed by atoms with Crippen LogP contribution in [0.25, 0.3) is 0 Å². The number of hydrogen-bond acceptors (Lipinski definition) is 7. The number of phosphoric acid groups is 1. The minimum Gasteiger partial charge on any atom is -0.460 e. The van der Waals surface area contributed by atoms with E-state index in [1.54, 1.807) is 0 Å². The third-order valence-electron chi connectivity index (χ3n) is 10.4. The molecule has 3 atom stereocenters. The monoisotopic (exact) mass is 800 g/mol. The van der Waals surface area contributed by atoms with E-state index >= 15 is 0 Å². The van der Waals surface area contributed by atoms with Crippen LogP contribution in [0.4, 0.5) is 0 Å². The molecule has 1 amide bonds. The normalized spacial score (nSPS) is 13.7. The molecule has 0 saturated carbocycles. The Morgan fingerprint density at radius 1 is 0.545 bits per heavy atom. The quantitative estimate of drug-likeness (QED) is 0.0283. The molecule has 1 unspecified atom stereocenters. The van der Waals surface area contributed by atoms with Gasteiger partial charge in [0.05, 0.1) is 25.9 Å². The number of hydrogen-bond donors (Lipinski definition) is 1. The van der Waals surface area contributed by atoms with Gasteiger partial charge in [0.15, 0.2) is 0 Å². The first-order valence-corrected chi connectivity index (χ1v) is 24.9. The van der Waals surface area contributed by atoms with E-state index in [-0.39, 0.29) is 31.7 Å². The second-order valence-electron chi connectivity index (χ2n) is 15.8. The highest BCUT2D eigenvalue weighted by atomic mass is 31.2. The Labute approximate surface area is 340 Å². The lowest BCUT2D eigenvalue weighted by atomic mass is 10.0. The van der Waals surface area contributed by atoms with Gasteiger partial charge in [0, 0.05) is 12.8 Å². The molecule has 0 aromatic heterocycles. The van der Waals surface area contributed by atoms with Gasteiger partial charge in [-0.3, -0.25) is 23.2 Å². The first-order chi connectivity index (χ1) is 26.9. The van der Waals surface area contributed by atoms with Crippen molar-refractivity contribution in [2.45, 2.75) is 252 Å². The zero-order valence-corrected chi connectivity index (χ0v) is 37.6. The molecule has 0 heterocycles. The summed E-state index contributed by atoms with van der Waals surface area (Å²) in [6, 6.07) is -0.674. The third-order valence-corrected chi connectivity index (χ3v) is 11.8. The van der Waals surface area contributed by atoms with Gasteiger partial charge in [-0.1, -0.05) is 201 Å². The van der Waals surface area contributed by atoms with E-state index in [0.29, 0.717) is 25.7 Å². The van der Waals surface area contributed by atoms with Crippen LogP contribution in [0.1, 0.15) is 240 Å². The fraction of sp³-hybridized carbons (Fsp3) is 0.913. The maximum Gasteiger partial charge on any atom is 0.475 e. The molecule has 0 radical (unpaired) electrons. The van der Waals surface area contributed by atoms with Crippen molar-refractivity contribution in [1.29, 1.82) is 0 Å². The number of esters is 1. The molecule has 0 saturated heterocycles. The van der Waals surface area contributed by atoms with Gasteiger partial charge in [0.1, 0.15) is 6.10 Å². The van der Waals surface area contributed by atoms with Crippen LogP contribution in [0.3, 0.4) is 0 Å². The van der Waals surface area contributed by atoms with Crippen molar-refractivity contribution in [2.24, 2.45) is 0 Å². The van der Waals surface area contributed by atoms with Gasteiger partial charge >= 0.3 is 13.8 Å². The summed E-state index contributed by atoms with van der Waals surface area (Å²) in [7, 11) is -3.93. The van der Waals surface area contributed by atoms with Crippen LogP contribution in [-0.2, 0) is 32.5 Å². The molecular formula is C46H90NO7P. The van der Waals surface area contributed by atoms with Crippen molar-refractivity contribution in [3.8, 4) is 0 Å². The van der Waals surface area contributed by atoms with Crippen molar-refractivity contribution in [3.05, 3.63) is 12.7 Å². The number of carbonyl (C=O) groups is 2. The summed E-state index contributed by atoms with van der Waals surface area (Å²) in [6.45, 7) is 12.4. The smallest absolute Gasteiger partial charge is 0.460 e. The lowest BCUT2D eigenvalue weighted by molar-refractivity contribution is -0.152. The average molecular weight is 800 g/mol. The molecule has 0 spiro atoms. The average Bonchev–Trinajstić information content (AvgIpc) is 3.18. The van der Waals surface area contributed by atoms with Crippen molar-refractivity contribution in [1.82, 2.24) is 5.32 Å². The first-order valence-electron chi connectivity index (χ1n) is 23.5. The number of carbonyl (C=O) groups excluding carboxylic acids is 2. The summed E-state index contributed by atoms with van der Waals surface area (Å²) >= 11 is 0. The van der Waals surface area contributed by atoms with Crippen LogP contribution in [-0.4, -0.2) is 43.8 Å². The Kier molecular flexibility index (Phi) is 40.1. The molecule has 8 nitrogen and oxygen atoms in total. The van der Waals surface area contributed by atoms with Crippen LogP contribution in [0, 0.1) is 0 Å². The molecule has 0 fully saturated rings. The predicted molar refractivity (Wildman–Crippen MR) is 233 cm³/mol. The lowest BCUT2D eigenvalue weighted by Gasteiger charge is -2.29. The van der Waals surface area contributed by atoms with Crippen LogP contribution in [0.15, 0.2) is 12.7 Å². The molecule has 55 heavy (non-hydrogen) atoms. The number of nitrogens with one attached hydrogen (secondary N) is 1. The number of ether oxygens (including phenoxy) is 1. The SMILES string of the molecule is C=CCOP(=O)(OCCC)OC[C@H](NC(=O)CCCCCCCCCCCCC)[C@H](CCCCCCCCCCC)OC(=O)CCCCCCCCCCC. The van der Waals surface area contributed by atoms with Gasteiger partial charge in [-0.15, -0.1) is 6.58 Å². The fourth-order valence-corrected chi connectivity index (χ4v) is 8.17. The van der Waals surface area contributed by atoms with Gasteiger partial charge in [-0.2, -0.15) is 0 Å². The minimum absolute atomic E-state index is 0.00642. The topological polar surface area (TPSA) is 100 Å². The van der Waals surface area contributed by atoms with Crippen molar-refractivity contribution >= 4 is 19.7 Å². The van der Waals surface area contributed by atoms with E-state index in [4.69, 9.17) is 18.3 Å². The highest BCUT2D eigenvalue weighted by Gasteiger charge is 2.33. The molecule has 0 aliphatic heterocycles. The number of rotatable bonds is 44. The van der Waals surface area contributed by atoms with Crippen LogP contribution in [0.2, 0.25) is 0 Å². The predicted octanol–water partition coefficient (Wildman–Crippen LogP) is 14.7. The number of amides is 1. The van der Waals surface area contributed by atoms with Crippen molar-refractivity contribution in [3.63, 3.8) is 0 Å². The zero-order valence-electron chi connectivity index (χ0n) is 36.7. The summed E-state index contributed by atoms with van der Waals surface area (Å²) in [5.41, 5.74) is 0. The summed E-state index contributed by atoms with van der Waals surface area (Å²) in [5.74, 6) is -0.352. The Morgan fingerprint density at radius 2 is 0.964 bits per heavy atom. The molecular weight excluding hydrogens is 709 g/mol. The summed E-state index contributed by atoms with van der Waals surface area (Å²) in [6.07, 6.45) is 37.4. The summed E-state index contributed by atoms with van der Waals surface area (Å²) in [4.78, 5) is 26.7. The Bertz CT molecular complexity index is 917. The molecule has 0 aromatic rings. The summed E-state index contributed by atoms with van der Waals surface area (Å²) in [5, 5.41) is 3.13. The van der Waals surface area contributed by atoms with Gasteiger partial charge < -0.3 is 10.1 Å². The molecule has 9 heteroatoms. The van der Waals surface area contributed by atoms with Crippen LogP contribution < -0.4 is 5.32 Å². The van der Waals surface area contributed by atoms with E-state index < -0.39 is 20.0 Å². The maximum absolute atomic E-state index is 13.5. The van der Waals surface area contributed by atoms with Gasteiger partial charge in [-0.05, 0) is 32.1 Å². The largest absolute Gasteiger partial charge is 0.475 e. The highest BCUT2D eigenvalue weighted by Crippen LogP contribution is 2.49. The Hall–Kier alpha value is -1.21. The van der Waals surface area contributed by atoms with E-state index in [1.807, 2.05) is 6.92 Å². The molecule has 0 aliphatic rings. The van der Waals surface area contributed by atoms with E-state index in [9.17, 15) is 14.2 Å². The number of phosphoric ester groups is 1. The van der Waals surface area contributed by atoms with E-state index in [1.165, 1.54) is 134 Å². The fourth-order valence-electron chi connectivity index (χ4n) is 6.91. The first kappa shape index (κ1) is 53.8. The van der Waals surface area contributed by atoms with Crippen molar-refractivity contribution < 1.29 is 32.5 Å². The molecule has 0 rings (SSSR count). The Balaban J connectivity index is 5.47. The second-order valence-corrected chi connectivity index (χ2v) is 17.5. The zero-order chi connectivity index (χ0) is 40.5. The molecule has 0 bridgehead atoms. The second kappa shape index (κ2) is 41.0. The Morgan fingerprint density at radius 3 is 1.40 bits per heavy atom. The lowest BCUT2D eigenvalue weighted by Crippen LogP contribution is -2.48. The standard InChI is InChI=1S/C46H90NO7P/c1-6-11-14-17-20-23-24-27-29-32-35-38-45(48)47-43(42-53-55(50,51-40-9-4)52-41-10-5)44(37-34-31-28-25-21-18-15-12-7-2)54-46(49)39-36-33-30-26-22-19-16-13-8-3/h9,43-44H,4,6-8,10-42H2,1-3,5H3,(H,47,48)/t43-,44-,55?/m0/s1. The molecule has 326 valence electrons. The highest BCUT2D eigenvalue weighted by molar-refractivity contribution is 7.48. The van der Waals surface area contributed by atoms with Crippen LogP contribution in [0.5, 0.6) is 0 Å². The minimum atomic E-state index is -3.93. The molecule has 0 aliphatic carbocycles. The van der Waals surface area contributed by atoms with Gasteiger partial charge in [0.25, 0.3) is 0 Å². The van der Waals surface area contributed by atoms with Crippen LogP contribution >= 0.6 is 7.82 Å². The molecule has 1 N–H and O–H groups in total.